The second-order valence-electron chi connectivity index (χ2n) is 5.96. The molecule has 118 valence electrons. The van der Waals surface area contributed by atoms with E-state index in [1.807, 2.05) is 45.0 Å². The van der Waals surface area contributed by atoms with Gasteiger partial charge in [0, 0.05) is 6.54 Å². The molecule has 0 aromatic heterocycles. The summed E-state index contributed by atoms with van der Waals surface area (Å²) in [7, 11) is 0. The fourth-order valence-electron chi connectivity index (χ4n) is 1.96. The van der Waals surface area contributed by atoms with Gasteiger partial charge in [0.15, 0.2) is 0 Å². The summed E-state index contributed by atoms with van der Waals surface area (Å²) in [6.07, 6.45) is 3.32. The van der Waals surface area contributed by atoms with Crippen molar-refractivity contribution in [1.29, 1.82) is 0 Å². The zero-order chi connectivity index (χ0) is 15.0. The maximum atomic E-state index is 11.7. The lowest BCUT2D eigenvalue weighted by molar-refractivity contribution is 0.0519. The highest BCUT2D eigenvalue weighted by molar-refractivity contribution is 7.59. The number of hydrogen-bond acceptors (Lipinski definition) is 2. The topological polar surface area (TPSA) is 38.3 Å². The summed E-state index contributed by atoms with van der Waals surface area (Å²) in [4.78, 5) is 11.7. The maximum absolute atomic E-state index is 11.7. The molecule has 4 heteroatoms. The van der Waals surface area contributed by atoms with Crippen LogP contribution in [0.2, 0.25) is 0 Å². The lowest BCUT2D eigenvalue weighted by Gasteiger charge is -2.21. The number of hydrogen-bond donors (Lipinski definition) is 1. The van der Waals surface area contributed by atoms with E-state index in [2.05, 4.69) is 24.0 Å². The van der Waals surface area contributed by atoms with Gasteiger partial charge in [-0.05, 0) is 45.1 Å². The minimum Gasteiger partial charge on any atom is -0.444 e. The highest BCUT2D eigenvalue weighted by Crippen LogP contribution is 2.13. The summed E-state index contributed by atoms with van der Waals surface area (Å²) in [5, 5.41) is 2.84. The van der Waals surface area contributed by atoms with Crippen molar-refractivity contribution in [3.63, 3.8) is 0 Å². The Balaban J connectivity index is 0.00000400. The van der Waals surface area contributed by atoms with Crippen molar-refractivity contribution in [3.8, 4) is 0 Å². The monoisotopic (exact) mass is 309 g/mol. The molecule has 0 aliphatic carbocycles. The zero-order valence-electron chi connectivity index (χ0n) is 13.2. The van der Waals surface area contributed by atoms with E-state index in [9.17, 15) is 4.79 Å². The molecule has 21 heavy (non-hydrogen) atoms. The molecular weight excluding hydrogens is 282 g/mol. The number of allylic oxidation sites excluding steroid dienone is 1. The van der Waals surface area contributed by atoms with Gasteiger partial charge in [-0.3, -0.25) is 0 Å². The van der Waals surface area contributed by atoms with Gasteiger partial charge < -0.3 is 10.1 Å². The molecule has 1 aromatic carbocycles. The van der Waals surface area contributed by atoms with Gasteiger partial charge in [0.05, 0.1) is 0 Å². The van der Waals surface area contributed by atoms with Gasteiger partial charge in [-0.15, -0.1) is 6.58 Å². The molecule has 0 spiro atoms. The predicted octanol–water partition coefficient (Wildman–Crippen LogP) is 4.06. The average molecular weight is 309 g/mol. The van der Waals surface area contributed by atoms with Crippen molar-refractivity contribution in [1.82, 2.24) is 5.32 Å². The van der Waals surface area contributed by atoms with E-state index in [1.54, 1.807) is 0 Å². The van der Waals surface area contributed by atoms with E-state index in [4.69, 9.17) is 4.74 Å². The quantitative estimate of drug-likeness (QED) is 0.805. The highest BCUT2D eigenvalue weighted by Gasteiger charge is 2.17. The summed E-state index contributed by atoms with van der Waals surface area (Å²) < 4.78 is 5.24. The van der Waals surface area contributed by atoms with Crippen molar-refractivity contribution in [2.24, 2.45) is 5.92 Å². The van der Waals surface area contributed by atoms with Gasteiger partial charge in [-0.2, -0.15) is 13.5 Å². The Morgan fingerprint density at radius 2 is 1.95 bits per heavy atom. The van der Waals surface area contributed by atoms with Gasteiger partial charge in [-0.1, -0.05) is 36.4 Å². The molecule has 0 heterocycles. The summed E-state index contributed by atoms with van der Waals surface area (Å²) >= 11 is 0. The van der Waals surface area contributed by atoms with Crippen LogP contribution >= 0.6 is 13.5 Å². The molecular formula is C17H27NO2S. The number of carbonyl (C=O) groups excluding carboxylic acids is 1. The van der Waals surface area contributed by atoms with Crippen molar-refractivity contribution in [3.05, 3.63) is 48.6 Å². The number of ether oxygens (including phenoxy) is 1. The molecule has 0 unspecified atom stereocenters. The van der Waals surface area contributed by atoms with E-state index in [0.29, 0.717) is 12.5 Å². The Morgan fingerprint density at radius 3 is 2.48 bits per heavy atom. The number of nitrogens with one attached hydrogen (secondary N) is 1. The van der Waals surface area contributed by atoms with Crippen molar-refractivity contribution >= 4 is 19.6 Å². The van der Waals surface area contributed by atoms with Crippen LogP contribution in [0.15, 0.2) is 43.0 Å². The van der Waals surface area contributed by atoms with Gasteiger partial charge in [0.2, 0.25) is 0 Å². The summed E-state index contributed by atoms with van der Waals surface area (Å²) in [6, 6.07) is 10.3. The van der Waals surface area contributed by atoms with Gasteiger partial charge in [0.1, 0.15) is 5.60 Å². The molecule has 3 nitrogen and oxygen atoms in total. The van der Waals surface area contributed by atoms with Crippen LogP contribution in [0.5, 0.6) is 0 Å². The largest absolute Gasteiger partial charge is 0.444 e. The molecule has 0 fully saturated rings. The Morgan fingerprint density at radius 1 is 1.33 bits per heavy atom. The molecule has 0 aliphatic heterocycles. The average Bonchev–Trinajstić information content (AvgIpc) is 2.35. The first-order valence-electron chi connectivity index (χ1n) is 7.02. The molecule has 1 amide bonds. The molecule has 0 radical (unpaired) electrons. The summed E-state index contributed by atoms with van der Waals surface area (Å²) in [5.41, 5.74) is 0.808. The van der Waals surface area contributed by atoms with Crippen LogP contribution in [-0.2, 0) is 11.2 Å². The third-order valence-corrected chi connectivity index (χ3v) is 2.80. The van der Waals surface area contributed by atoms with E-state index in [0.717, 1.165) is 12.8 Å². The van der Waals surface area contributed by atoms with Gasteiger partial charge in [0.25, 0.3) is 0 Å². The molecule has 1 rings (SSSR count). The second kappa shape index (κ2) is 9.50. The summed E-state index contributed by atoms with van der Waals surface area (Å²) in [5.74, 6) is 0.336. The fourth-order valence-corrected chi connectivity index (χ4v) is 1.96. The molecule has 1 N–H and O–H groups in total. The maximum Gasteiger partial charge on any atom is 0.407 e. The van der Waals surface area contributed by atoms with Crippen LogP contribution in [0.3, 0.4) is 0 Å². The SMILES string of the molecule is C=CC[C@H](CNC(=O)OC(C)(C)C)Cc1ccccc1.S. The molecule has 0 aliphatic rings. The van der Waals surface area contributed by atoms with Crippen LogP contribution in [0, 0.1) is 5.92 Å². The Kier molecular flexibility index (Phi) is 8.86. The van der Waals surface area contributed by atoms with Crippen LogP contribution < -0.4 is 5.32 Å². The van der Waals surface area contributed by atoms with E-state index in [-0.39, 0.29) is 19.6 Å². The molecule has 0 saturated heterocycles. The third-order valence-electron chi connectivity index (χ3n) is 2.80. The molecule has 0 bridgehead atoms. The number of carbonyl (C=O) groups is 1. The van der Waals surface area contributed by atoms with Crippen molar-refractivity contribution in [2.75, 3.05) is 6.54 Å². The minimum atomic E-state index is -0.461. The lowest BCUT2D eigenvalue weighted by Crippen LogP contribution is -2.35. The third kappa shape index (κ3) is 9.19. The molecule has 0 saturated carbocycles. The first-order valence-corrected chi connectivity index (χ1v) is 7.02. The number of alkyl carbamates (subject to hydrolysis) is 1. The Hall–Kier alpha value is -1.42. The lowest BCUT2D eigenvalue weighted by atomic mass is 9.96. The second-order valence-corrected chi connectivity index (χ2v) is 5.96. The van der Waals surface area contributed by atoms with E-state index >= 15 is 0 Å². The standard InChI is InChI=1S/C17H25NO2.H2S/c1-5-9-15(12-14-10-7-6-8-11-14)13-18-16(19)20-17(2,3)4;/h5-8,10-11,15H,1,9,12-13H2,2-4H3,(H,18,19);1H2/t15-;/m0./s1. The Bertz CT molecular complexity index is 426. The van der Waals surface area contributed by atoms with Crippen LogP contribution in [0.1, 0.15) is 32.8 Å². The smallest absolute Gasteiger partial charge is 0.407 e. The zero-order valence-corrected chi connectivity index (χ0v) is 14.2. The van der Waals surface area contributed by atoms with Crippen LogP contribution in [-0.4, -0.2) is 18.2 Å². The first kappa shape index (κ1) is 19.6. The van der Waals surface area contributed by atoms with E-state index < -0.39 is 5.60 Å². The predicted molar refractivity (Wildman–Crippen MR) is 93.1 cm³/mol. The Labute approximate surface area is 135 Å². The van der Waals surface area contributed by atoms with Crippen molar-refractivity contribution in [2.45, 2.75) is 39.2 Å². The van der Waals surface area contributed by atoms with Gasteiger partial charge in [-0.25, -0.2) is 4.79 Å². The summed E-state index contributed by atoms with van der Waals surface area (Å²) in [6.45, 7) is 9.95. The normalized spacial score (nSPS) is 12.0. The fraction of sp³-hybridized carbons (Fsp3) is 0.471. The number of benzene rings is 1. The number of rotatable bonds is 6. The molecule has 1 atom stereocenters. The molecule has 1 aromatic rings. The van der Waals surface area contributed by atoms with Crippen LogP contribution in [0.25, 0.3) is 0 Å². The van der Waals surface area contributed by atoms with Crippen molar-refractivity contribution < 1.29 is 9.53 Å². The highest BCUT2D eigenvalue weighted by atomic mass is 32.1. The minimum absolute atomic E-state index is 0. The van der Waals surface area contributed by atoms with Crippen LogP contribution in [0.4, 0.5) is 4.79 Å². The van der Waals surface area contributed by atoms with E-state index in [1.165, 1.54) is 5.56 Å². The first-order chi connectivity index (χ1) is 9.40. The number of amides is 1. The van der Waals surface area contributed by atoms with Gasteiger partial charge >= 0.3 is 6.09 Å².